The largest absolute Gasteiger partial charge is 0.489 e. The van der Waals surface area contributed by atoms with Gasteiger partial charge in [-0.2, -0.15) is 0 Å². The van der Waals surface area contributed by atoms with E-state index >= 15 is 0 Å². The van der Waals surface area contributed by atoms with Crippen LogP contribution in [0.3, 0.4) is 0 Å². The van der Waals surface area contributed by atoms with Gasteiger partial charge in [-0.05, 0) is 83.1 Å². The van der Waals surface area contributed by atoms with Crippen molar-refractivity contribution in [3.8, 4) is 5.75 Å². The molecular formula is C24H18INO3. The standard InChI is InChI=1S/C24H18INO3/c1-16-4-2-6-18(12-16)15-28-21-7-3-5-17(13-21)14-22-24(27)29-23(26-22)19-8-10-20(25)11-9-19/h2-14H,15H2,1H3/b22-14-. The zero-order chi connectivity index (χ0) is 20.2. The van der Waals surface area contributed by atoms with Crippen LogP contribution in [0.1, 0.15) is 22.3 Å². The van der Waals surface area contributed by atoms with Gasteiger partial charge in [0.25, 0.3) is 0 Å². The molecule has 0 N–H and O–H groups in total. The lowest BCUT2D eigenvalue weighted by Gasteiger charge is -2.07. The number of hydrogen-bond acceptors (Lipinski definition) is 4. The topological polar surface area (TPSA) is 47.9 Å². The first-order valence-corrected chi connectivity index (χ1v) is 10.2. The van der Waals surface area contributed by atoms with Crippen LogP contribution in [-0.2, 0) is 16.1 Å². The van der Waals surface area contributed by atoms with Gasteiger partial charge in [-0.15, -0.1) is 0 Å². The molecule has 4 rings (SSSR count). The van der Waals surface area contributed by atoms with Crippen molar-refractivity contribution in [3.63, 3.8) is 0 Å². The van der Waals surface area contributed by atoms with Crippen LogP contribution in [0, 0.1) is 10.5 Å². The summed E-state index contributed by atoms with van der Waals surface area (Å²) >= 11 is 2.23. The van der Waals surface area contributed by atoms with E-state index in [4.69, 9.17) is 9.47 Å². The highest BCUT2D eigenvalue weighted by Crippen LogP contribution is 2.22. The van der Waals surface area contributed by atoms with Gasteiger partial charge in [-0.25, -0.2) is 9.79 Å². The summed E-state index contributed by atoms with van der Waals surface area (Å²) < 4.78 is 12.3. The molecule has 0 aliphatic carbocycles. The van der Waals surface area contributed by atoms with E-state index in [2.05, 4.69) is 46.6 Å². The maximum atomic E-state index is 12.2. The van der Waals surface area contributed by atoms with Crippen molar-refractivity contribution in [2.45, 2.75) is 13.5 Å². The Labute approximate surface area is 183 Å². The molecule has 29 heavy (non-hydrogen) atoms. The first-order valence-electron chi connectivity index (χ1n) is 9.14. The summed E-state index contributed by atoms with van der Waals surface area (Å²) in [7, 11) is 0. The maximum absolute atomic E-state index is 12.2. The third-order valence-corrected chi connectivity index (χ3v) is 5.08. The second-order valence-corrected chi connectivity index (χ2v) is 7.94. The van der Waals surface area contributed by atoms with Crippen molar-refractivity contribution >= 4 is 40.5 Å². The summed E-state index contributed by atoms with van der Waals surface area (Å²) in [5.74, 6) is 0.600. The zero-order valence-electron chi connectivity index (χ0n) is 15.8. The molecule has 0 radical (unpaired) electrons. The van der Waals surface area contributed by atoms with Gasteiger partial charge in [0.05, 0.1) is 0 Å². The quantitative estimate of drug-likeness (QED) is 0.266. The van der Waals surface area contributed by atoms with Crippen LogP contribution in [0.2, 0.25) is 0 Å². The zero-order valence-corrected chi connectivity index (χ0v) is 17.9. The van der Waals surface area contributed by atoms with Gasteiger partial charge < -0.3 is 9.47 Å². The Morgan fingerprint density at radius 2 is 1.83 bits per heavy atom. The molecule has 0 unspecified atom stereocenters. The van der Waals surface area contributed by atoms with Crippen LogP contribution >= 0.6 is 22.6 Å². The van der Waals surface area contributed by atoms with Crippen LogP contribution in [-0.4, -0.2) is 11.9 Å². The van der Waals surface area contributed by atoms with Crippen LogP contribution in [0.25, 0.3) is 6.08 Å². The maximum Gasteiger partial charge on any atom is 0.363 e. The summed E-state index contributed by atoms with van der Waals surface area (Å²) in [5.41, 5.74) is 4.18. The number of carbonyl (C=O) groups is 1. The van der Waals surface area contributed by atoms with E-state index in [-0.39, 0.29) is 5.70 Å². The third-order valence-electron chi connectivity index (χ3n) is 4.36. The smallest absolute Gasteiger partial charge is 0.363 e. The number of carbonyl (C=O) groups excluding carboxylic acids is 1. The van der Waals surface area contributed by atoms with E-state index < -0.39 is 5.97 Å². The summed E-state index contributed by atoms with van der Waals surface area (Å²) in [4.78, 5) is 16.6. The highest BCUT2D eigenvalue weighted by atomic mass is 127. The summed E-state index contributed by atoms with van der Waals surface area (Å²) in [6, 6.07) is 23.4. The molecule has 0 saturated heterocycles. The van der Waals surface area contributed by atoms with Crippen molar-refractivity contribution in [2.75, 3.05) is 0 Å². The average molecular weight is 495 g/mol. The van der Waals surface area contributed by atoms with Gasteiger partial charge in [0, 0.05) is 9.13 Å². The number of ether oxygens (including phenoxy) is 2. The molecule has 3 aromatic carbocycles. The highest BCUT2D eigenvalue weighted by Gasteiger charge is 2.24. The Morgan fingerprint density at radius 3 is 2.62 bits per heavy atom. The summed E-state index contributed by atoms with van der Waals surface area (Å²) in [6.45, 7) is 2.54. The minimum absolute atomic E-state index is 0.273. The van der Waals surface area contributed by atoms with Crippen molar-refractivity contribution in [1.29, 1.82) is 0 Å². The second kappa shape index (κ2) is 8.61. The number of nitrogens with zero attached hydrogens (tertiary/aromatic N) is 1. The molecule has 0 spiro atoms. The molecule has 0 saturated carbocycles. The molecular weight excluding hydrogens is 477 g/mol. The average Bonchev–Trinajstić information content (AvgIpc) is 3.08. The van der Waals surface area contributed by atoms with E-state index in [9.17, 15) is 4.79 Å². The summed E-state index contributed by atoms with van der Waals surface area (Å²) in [6.07, 6.45) is 1.71. The van der Waals surface area contributed by atoms with Gasteiger partial charge in [-0.1, -0.05) is 42.0 Å². The lowest BCUT2D eigenvalue weighted by atomic mass is 10.1. The van der Waals surface area contributed by atoms with Gasteiger partial charge in [0.2, 0.25) is 5.90 Å². The predicted octanol–water partition coefficient (Wildman–Crippen LogP) is 5.52. The Bertz CT molecular complexity index is 1120. The second-order valence-electron chi connectivity index (χ2n) is 6.69. The van der Waals surface area contributed by atoms with E-state index in [1.807, 2.05) is 60.7 Å². The molecule has 5 heteroatoms. The molecule has 3 aromatic rings. The molecule has 0 bridgehead atoms. The lowest BCUT2D eigenvalue weighted by molar-refractivity contribution is -0.129. The highest BCUT2D eigenvalue weighted by molar-refractivity contribution is 14.1. The minimum atomic E-state index is -0.454. The number of aliphatic imine (C=N–C) groups is 1. The van der Waals surface area contributed by atoms with Gasteiger partial charge in [0.1, 0.15) is 12.4 Å². The van der Waals surface area contributed by atoms with Crippen molar-refractivity contribution < 1.29 is 14.3 Å². The Balaban J connectivity index is 1.51. The SMILES string of the molecule is Cc1cccc(COc2cccc(/C=C3\N=C(c4ccc(I)cc4)OC3=O)c2)c1. The Morgan fingerprint density at radius 1 is 1.03 bits per heavy atom. The number of benzene rings is 3. The van der Waals surface area contributed by atoms with E-state index in [0.29, 0.717) is 12.5 Å². The fourth-order valence-electron chi connectivity index (χ4n) is 2.95. The van der Waals surface area contributed by atoms with E-state index in [0.717, 1.165) is 26.0 Å². The first-order chi connectivity index (χ1) is 14.1. The van der Waals surface area contributed by atoms with Gasteiger partial charge >= 0.3 is 5.97 Å². The Hall–Kier alpha value is -2.93. The monoisotopic (exact) mass is 495 g/mol. The molecule has 0 aromatic heterocycles. The third kappa shape index (κ3) is 4.92. The molecule has 1 aliphatic heterocycles. The van der Waals surface area contributed by atoms with Crippen LogP contribution in [0.4, 0.5) is 0 Å². The van der Waals surface area contributed by atoms with Crippen LogP contribution in [0.5, 0.6) is 5.75 Å². The van der Waals surface area contributed by atoms with E-state index in [1.54, 1.807) is 6.08 Å². The van der Waals surface area contributed by atoms with Crippen LogP contribution in [0.15, 0.2) is 83.5 Å². The van der Waals surface area contributed by atoms with Gasteiger partial charge in [-0.3, -0.25) is 0 Å². The fraction of sp³-hybridized carbons (Fsp3) is 0.0833. The summed E-state index contributed by atoms with van der Waals surface area (Å²) in [5, 5.41) is 0. The van der Waals surface area contributed by atoms with Crippen molar-refractivity contribution in [1.82, 2.24) is 0 Å². The molecule has 4 nitrogen and oxygen atoms in total. The van der Waals surface area contributed by atoms with E-state index in [1.165, 1.54) is 5.56 Å². The molecule has 144 valence electrons. The fourth-order valence-corrected chi connectivity index (χ4v) is 3.31. The van der Waals surface area contributed by atoms with Crippen LogP contribution < -0.4 is 4.74 Å². The minimum Gasteiger partial charge on any atom is -0.489 e. The normalized spacial score (nSPS) is 14.6. The number of rotatable bonds is 5. The number of esters is 1. The lowest BCUT2D eigenvalue weighted by Crippen LogP contribution is -2.05. The molecule has 1 aliphatic rings. The number of aryl methyl sites for hydroxylation is 1. The number of halogens is 1. The number of hydrogen-bond donors (Lipinski definition) is 0. The van der Waals surface area contributed by atoms with Crippen molar-refractivity contribution in [2.24, 2.45) is 4.99 Å². The molecule has 0 atom stereocenters. The number of cyclic esters (lactones) is 1. The first kappa shape index (κ1) is 19.4. The Kier molecular flexibility index (Phi) is 5.76. The predicted molar refractivity (Wildman–Crippen MR) is 122 cm³/mol. The molecule has 0 amide bonds. The van der Waals surface area contributed by atoms with Gasteiger partial charge in [0.15, 0.2) is 5.70 Å². The van der Waals surface area contributed by atoms with Crippen molar-refractivity contribution in [3.05, 3.63) is 104 Å². The molecule has 1 heterocycles. The molecule has 0 fully saturated rings.